The van der Waals surface area contributed by atoms with Crippen LogP contribution in [0.4, 0.5) is 10.1 Å². The Morgan fingerprint density at radius 1 is 1.14 bits per heavy atom. The van der Waals surface area contributed by atoms with Gasteiger partial charge in [0, 0.05) is 19.3 Å². The molecule has 0 spiro atoms. The zero-order chi connectivity index (χ0) is 21.4. The maximum Gasteiger partial charge on any atom is 0.239 e. The molecule has 0 aliphatic carbocycles. The number of hydrogen-bond acceptors (Lipinski definition) is 3. The number of amides is 2. The van der Waals surface area contributed by atoms with Gasteiger partial charge < -0.3 is 10.2 Å². The summed E-state index contributed by atoms with van der Waals surface area (Å²) in [6.07, 6.45) is 0.822. The van der Waals surface area contributed by atoms with Gasteiger partial charge in [-0.15, -0.1) is 0 Å². The van der Waals surface area contributed by atoms with Crippen molar-refractivity contribution >= 4 is 17.5 Å². The molecule has 0 radical (unpaired) electrons. The fourth-order valence-electron chi connectivity index (χ4n) is 3.25. The number of carbonyl (C=O) groups excluding carboxylic acids is 2. The maximum atomic E-state index is 13.4. The first kappa shape index (κ1) is 22.6. The van der Waals surface area contributed by atoms with Gasteiger partial charge in [0.05, 0.1) is 12.6 Å². The van der Waals surface area contributed by atoms with Crippen molar-refractivity contribution in [2.45, 2.75) is 39.8 Å². The van der Waals surface area contributed by atoms with Crippen LogP contribution in [-0.4, -0.2) is 47.8 Å². The summed E-state index contributed by atoms with van der Waals surface area (Å²) in [5, 5.41) is 2.92. The minimum absolute atomic E-state index is 0.105. The highest BCUT2D eigenvalue weighted by atomic mass is 19.1. The van der Waals surface area contributed by atoms with Crippen LogP contribution < -0.4 is 5.32 Å². The second-order valence-corrected chi connectivity index (χ2v) is 7.33. The van der Waals surface area contributed by atoms with E-state index in [1.165, 1.54) is 12.1 Å². The van der Waals surface area contributed by atoms with Gasteiger partial charge in [-0.2, -0.15) is 0 Å². The van der Waals surface area contributed by atoms with Crippen molar-refractivity contribution in [2.75, 3.05) is 25.5 Å². The number of carbonyl (C=O) groups is 2. The van der Waals surface area contributed by atoms with E-state index in [-0.39, 0.29) is 24.2 Å². The molecular formula is C23H30FN3O2. The molecule has 156 valence electrons. The van der Waals surface area contributed by atoms with Crippen LogP contribution in [0.25, 0.3) is 0 Å². The van der Waals surface area contributed by atoms with E-state index >= 15 is 0 Å². The summed E-state index contributed by atoms with van der Waals surface area (Å²) >= 11 is 0. The maximum absolute atomic E-state index is 13.4. The molecule has 1 N–H and O–H groups in total. The molecule has 0 saturated carbocycles. The molecule has 1 unspecified atom stereocenters. The Kier molecular flexibility index (Phi) is 8.34. The van der Waals surface area contributed by atoms with E-state index in [0.717, 1.165) is 23.2 Å². The van der Waals surface area contributed by atoms with Crippen LogP contribution >= 0.6 is 0 Å². The largest absolute Gasteiger partial charge is 0.340 e. The van der Waals surface area contributed by atoms with Gasteiger partial charge in [0.1, 0.15) is 5.82 Å². The third-order valence-corrected chi connectivity index (χ3v) is 4.87. The lowest BCUT2D eigenvalue weighted by Gasteiger charge is -2.30. The van der Waals surface area contributed by atoms with E-state index in [4.69, 9.17) is 0 Å². The molecule has 0 aromatic heterocycles. The smallest absolute Gasteiger partial charge is 0.239 e. The minimum Gasteiger partial charge on any atom is -0.340 e. The summed E-state index contributed by atoms with van der Waals surface area (Å²) in [7, 11) is 1.70. The Morgan fingerprint density at radius 3 is 2.52 bits per heavy atom. The first-order chi connectivity index (χ1) is 13.8. The van der Waals surface area contributed by atoms with Gasteiger partial charge in [0.2, 0.25) is 11.8 Å². The van der Waals surface area contributed by atoms with E-state index in [1.54, 1.807) is 31.0 Å². The molecule has 0 saturated heterocycles. The highest BCUT2D eigenvalue weighted by molar-refractivity contribution is 5.93. The molecule has 0 heterocycles. The van der Waals surface area contributed by atoms with Crippen LogP contribution in [0.3, 0.4) is 0 Å². The number of rotatable bonds is 9. The van der Waals surface area contributed by atoms with Gasteiger partial charge in [0.15, 0.2) is 0 Å². The lowest BCUT2D eigenvalue weighted by molar-refractivity contribution is -0.136. The van der Waals surface area contributed by atoms with Crippen molar-refractivity contribution in [3.8, 4) is 0 Å². The molecule has 0 fully saturated rings. The molecule has 29 heavy (non-hydrogen) atoms. The molecule has 2 amide bonds. The molecular weight excluding hydrogens is 369 g/mol. The summed E-state index contributed by atoms with van der Waals surface area (Å²) in [4.78, 5) is 28.9. The lowest BCUT2D eigenvalue weighted by atomic mass is 10.1. The number of benzene rings is 2. The number of anilines is 1. The van der Waals surface area contributed by atoms with Crippen molar-refractivity contribution < 1.29 is 14.0 Å². The first-order valence-electron chi connectivity index (χ1n) is 9.90. The van der Waals surface area contributed by atoms with Crippen LogP contribution in [0.1, 0.15) is 31.4 Å². The summed E-state index contributed by atoms with van der Waals surface area (Å²) in [6.45, 7) is 6.83. The zero-order valence-electron chi connectivity index (χ0n) is 17.6. The SMILES string of the molecule is CCCN(CC(=O)Nc1ccccc1C)C(C)C(=O)N(C)Cc1cccc(F)c1. The van der Waals surface area contributed by atoms with Crippen LogP contribution in [-0.2, 0) is 16.1 Å². The number of nitrogens with one attached hydrogen (secondary N) is 1. The van der Waals surface area contributed by atoms with E-state index in [9.17, 15) is 14.0 Å². The Morgan fingerprint density at radius 2 is 1.86 bits per heavy atom. The van der Waals surface area contributed by atoms with Crippen molar-refractivity contribution in [1.29, 1.82) is 0 Å². The average molecular weight is 400 g/mol. The fourth-order valence-corrected chi connectivity index (χ4v) is 3.25. The number of aryl methyl sites for hydroxylation is 1. The summed E-state index contributed by atoms with van der Waals surface area (Å²) in [6, 6.07) is 13.4. The molecule has 0 bridgehead atoms. The molecule has 6 heteroatoms. The van der Waals surface area contributed by atoms with Crippen LogP contribution in [0.15, 0.2) is 48.5 Å². The number of para-hydroxylation sites is 1. The third-order valence-electron chi connectivity index (χ3n) is 4.87. The Balaban J connectivity index is 2.01. The second kappa shape index (κ2) is 10.7. The number of nitrogens with zero attached hydrogens (tertiary/aromatic N) is 2. The molecule has 2 aromatic carbocycles. The topological polar surface area (TPSA) is 52.7 Å². The standard InChI is InChI=1S/C23H30FN3O2/c1-5-13-27(16-22(28)25-21-12-7-6-9-17(21)2)18(3)23(29)26(4)15-19-10-8-11-20(24)14-19/h6-12,14,18H,5,13,15-16H2,1-4H3,(H,25,28). The van der Waals surface area contributed by atoms with E-state index < -0.39 is 6.04 Å². The molecule has 0 aliphatic rings. The van der Waals surface area contributed by atoms with Crippen LogP contribution in [0.5, 0.6) is 0 Å². The Hall–Kier alpha value is -2.73. The van der Waals surface area contributed by atoms with Gasteiger partial charge >= 0.3 is 0 Å². The van der Waals surface area contributed by atoms with Crippen molar-refractivity contribution in [3.05, 3.63) is 65.5 Å². The molecule has 2 rings (SSSR count). The lowest BCUT2D eigenvalue weighted by Crippen LogP contribution is -2.48. The predicted octanol–water partition coefficient (Wildman–Crippen LogP) is 3.83. The Bertz CT molecular complexity index is 840. The van der Waals surface area contributed by atoms with Crippen LogP contribution in [0, 0.1) is 12.7 Å². The van der Waals surface area contributed by atoms with E-state index in [1.807, 2.05) is 43.0 Å². The highest BCUT2D eigenvalue weighted by Crippen LogP contribution is 2.14. The van der Waals surface area contributed by atoms with Crippen molar-refractivity contribution in [3.63, 3.8) is 0 Å². The van der Waals surface area contributed by atoms with Gasteiger partial charge in [-0.05, 0) is 56.1 Å². The monoisotopic (exact) mass is 399 g/mol. The number of hydrogen-bond donors (Lipinski definition) is 1. The summed E-state index contributed by atoms with van der Waals surface area (Å²) in [5.74, 6) is -0.580. The quantitative estimate of drug-likeness (QED) is 0.697. The van der Waals surface area contributed by atoms with Crippen molar-refractivity contribution in [1.82, 2.24) is 9.80 Å². The van der Waals surface area contributed by atoms with Gasteiger partial charge in [-0.25, -0.2) is 4.39 Å². The van der Waals surface area contributed by atoms with Crippen molar-refractivity contribution in [2.24, 2.45) is 0 Å². The van der Waals surface area contributed by atoms with Gasteiger partial charge in [-0.1, -0.05) is 37.3 Å². The van der Waals surface area contributed by atoms with Gasteiger partial charge in [0.25, 0.3) is 0 Å². The first-order valence-corrected chi connectivity index (χ1v) is 9.90. The predicted molar refractivity (Wildman–Crippen MR) is 114 cm³/mol. The van der Waals surface area contributed by atoms with E-state index in [0.29, 0.717) is 13.1 Å². The minimum atomic E-state index is -0.462. The van der Waals surface area contributed by atoms with Crippen LogP contribution in [0.2, 0.25) is 0 Å². The zero-order valence-corrected chi connectivity index (χ0v) is 17.6. The molecule has 1 atom stereocenters. The van der Waals surface area contributed by atoms with Gasteiger partial charge in [-0.3, -0.25) is 14.5 Å². The second-order valence-electron chi connectivity index (χ2n) is 7.33. The fraction of sp³-hybridized carbons (Fsp3) is 0.391. The summed E-state index contributed by atoms with van der Waals surface area (Å²) < 4.78 is 13.4. The third kappa shape index (κ3) is 6.68. The molecule has 5 nitrogen and oxygen atoms in total. The van der Waals surface area contributed by atoms with E-state index in [2.05, 4.69) is 5.32 Å². The number of likely N-dealkylation sites (N-methyl/N-ethyl adjacent to an activating group) is 1. The molecule has 0 aliphatic heterocycles. The average Bonchev–Trinajstić information content (AvgIpc) is 2.68. The number of halogens is 1. The Labute approximate surface area is 172 Å². The summed E-state index contributed by atoms with van der Waals surface area (Å²) in [5.41, 5.74) is 2.49. The normalized spacial score (nSPS) is 11.9. The highest BCUT2D eigenvalue weighted by Gasteiger charge is 2.25. The molecule has 2 aromatic rings.